The Balaban J connectivity index is 2.09. The minimum absolute atomic E-state index is 0.527. The van der Waals surface area contributed by atoms with Crippen LogP contribution in [0.1, 0.15) is 37.3 Å². The van der Waals surface area contributed by atoms with Crippen LogP contribution in [0.5, 0.6) is 0 Å². The molecule has 0 spiro atoms. The van der Waals surface area contributed by atoms with Crippen molar-refractivity contribution in [1.29, 1.82) is 0 Å². The predicted molar refractivity (Wildman–Crippen MR) is 69.9 cm³/mol. The number of rotatable bonds is 4. The quantitative estimate of drug-likeness (QED) is 0.720. The van der Waals surface area contributed by atoms with E-state index in [0.29, 0.717) is 6.04 Å². The second-order valence-electron chi connectivity index (χ2n) is 4.50. The first-order valence-electron chi connectivity index (χ1n) is 6.27. The predicted octanol–water partition coefficient (Wildman–Crippen LogP) is 3.84. The largest absolute Gasteiger partial charge is 0.296 e. The van der Waals surface area contributed by atoms with Crippen molar-refractivity contribution in [3.05, 3.63) is 35.9 Å². The Hall–Kier alpha value is -0.530. The van der Waals surface area contributed by atoms with Crippen molar-refractivity contribution < 1.29 is 0 Å². The van der Waals surface area contributed by atoms with Gasteiger partial charge in [0.15, 0.2) is 0 Å². The molecular weight excluding hydrogens is 218 g/mol. The van der Waals surface area contributed by atoms with Crippen LogP contribution >= 0.6 is 11.6 Å². The van der Waals surface area contributed by atoms with E-state index in [-0.39, 0.29) is 0 Å². The normalized spacial score (nSPS) is 19.6. The van der Waals surface area contributed by atoms with Crippen LogP contribution < -0.4 is 0 Å². The lowest BCUT2D eigenvalue weighted by atomic mass is 10.00. The van der Waals surface area contributed by atoms with E-state index in [4.69, 9.17) is 11.6 Å². The molecule has 0 N–H and O–H groups in total. The van der Waals surface area contributed by atoms with E-state index >= 15 is 0 Å². The van der Waals surface area contributed by atoms with Gasteiger partial charge < -0.3 is 0 Å². The van der Waals surface area contributed by atoms with Crippen molar-refractivity contribution in [1.82, 2.24) is 4.90 Å². The van der Waals surface area contributed by atoms with Gasteiger partial charge in [-0.2, -0.15) is 0 Å². The van der Waals surface area contributed by atoms with E-state index in [2.05, 4.69) is 35.2 Å². The molecule has 1 aromatic rings. The van der Waals surface area contributed by atoms with Crippen LogP contribution in [0.2, 0.25) is 0 Å². The Kier molecular flexibility index (Phi) is 4.68. The lowest BCUT2D eigenvalue weighted by Gasteiger charge is -2.34. The van der Waals surface area contributed by atoms with Crippen LogP contribution in [-0.2, 0) is 0 Å². The highest BCUT2D eigenvalue weighted by atomic mass is 35.5. The monoisotopic (exact) mass is 237 g/mol. The van der Waals surface area contributed by atoms with Gasteiger partial charge >= 0.3 is 0 Å². The standard InChI is InChI=1S/C14H20ClN/c15-10-9-14(13-7-3-1-4-8-13)16-11-5-2-6-12-16/h1,3-4,7-8,14H,2,5-6,9-12H2. The van der Waals surface area contributed by atoms with Crippen molar-refractivity contribution in [2.45, 2.75) is 31.7 Å². The number of piperidine rings is 1. The fourth-order valence-corrected chi connectivity index (χ4v) is 2.78. The van der Waals surface area contributed by atoms with Crippen LogP contribution in [0.3, 0.4) is 0 Å². The minimum Gasteiger partial charge on any atom is -0.296 e. The number of likely N-dealkylation sites (tertiary alicyclic amines) is 1. The molecule has 2 heteroatoms. The highest BCUT2D eigenvalue weighted by molar-refractivity contribution is 6.17. The van der Waals surface area contributed by atoms with Crippen molar-refractivity contribution in [2.75, 3.05) is 19.0 Å². The van der Waals surface area contributed by atoms with Crippen molar-refractivity contribution >= 4 is 11.6 Å². The summed E-state index contributed by atoms with van der Waals surface area (Å²) in [6.45, 7) is 2.47. The molecule has 1 atom stereocenters. The maximum Gasteiger partial charge on any atom is 0.0359 e. The third-order valence-electron chi connectivity index (χ3n) is 3.40. The molecule has 16 heavy (non-hydrogen) atoms. The van der Waals surface area contributed by atoms with Crippen LogP contribution in [0, 0.1) is 0 Å². The summed E-state index contributed by atoms with van der Waals surface area (Å²) in [5, 5.41) is 0. The Labute approximate surface area is 103 Å². The third-order valence-corrected chi connectivity index (χ3v) is 3.62. The Morgan fingerprint density at radius 3 is 2.38 bits per heavy atom. The van der Waals surface area contributed by atoms with E-state index in [1.54, 1.807) is 0 Å². The van der Waals surface area contributed by atoms with Crippen molar-refractivity contribution in [2.24, 2.45) is 0 Å². The average Bonchev–Trinajstić information content (AvgIpc) is 2.38. The molecule has 0 amide bonds. The average molecular weight is 238 g/mol. The van der Waals surface area contributed by atoms with Crippen LogP contribution in [0.15, 0.2) is 30.3 Å². The molecule has 0 bridgehead atoms. The molecule has 0 aliphatic carbocycles. The first kappa shape index (κ1) is 11.9. The fourth-order valence-electron chi connectivity index (χ4n) is 2.57. The van der Waals surface area contributed by atoms with Gasteiger partial charge in [0.2, 0.25) is 0 Å². The maximum absolute atomic E-state index is 5.94. The lowest BCUT2D eigenvalue weighted by molar-refractivity contribution is 0.160. The molecule has 1 fully saturated rings. The summed E-state index contributed by atoms with van der Waals surface area (Å²) in [6, 6.07) is 11.3. The van der Waals surface area contributed by atoms with Crippen molar-refractivity contribution in [3.8, 4) is 0 Å². The lowest BCUT2D eigenvalue weighted by Crippen LogP contribution is -2.34. The first-order chi connectivity index (χ1) is 7.92. The number of hydrogen-bond acceptors (Lipinski definition) is 1. The molecule has 1 nitrogen and oxygen atoms in total. The molecule has 1 unspecified atom stereocenters. The molecule has 1 heterocycles. The third kappa shape index (κ3) is 2.99. The van der Waals surface area contributed by atoms with Gasteiger partial charge in [0.1, 0.15) is 0 Å². The Bertz CT molecular complexity index is 293. The summed E-state index contributed by atoms with van der Waals surface area (Å²) in [7, 11) is 0. The molecule has 88 valence electrons. The van der Waals surface area contributed by atoms with Crippen LogP contribution in [0.4, 0.5) is 0 Å². The van der Waals surface area contributed by atoms with Gasteiger partial charge in [-0.15, -0.1) is 11.6 Å². The van der Waals surface area contributed by atoms with Gasteiger partial charge in [0.05, 0.1) is 0 Å². The number of nitrogens with zero attached hydrogens (tertiary/aromatic N) is 1. The molecule has 1 aromatic carbocycles. The summed E-state index contributed by atoms with van der Waals surface area (Å²) < 4.78 is 0. The topological polar surface area (TPSA) is 3.24 Å². The minimum atomic E-state index is 0.527. The number of benzene rings is 1. The van der Waals surface area contributed by atoms with E-state index < -0.39 is 0 Å². The second-order valence-corrected chi connectivity index (χ2v) is 4.88. The van der Waals surface area contributed by atoms with E-state index in [0.717, 1.165) is 12.3 Å². The van der Waals surface area contributed by atoms with Crippen LogP contribution in [0.25, 0.3) is 0 Å². The molecule has 2 rings (SSSR count). The SMILES string of the molecule is ClCCC(c1ccccc1)N1CCCCC1. The number of hydrogen-bond donors (Lipinski definition) is 0. The molecule has 0 radical (unpaired) electrons. The number of alkyl halides is 1. The zero-order valence-electron chi connectivity index (χ0n) is 9.74. The summed E-state index contributed by atoms with van der Waals surface area (Å²) in [4.78, 5) is 2.60. The number of halogens is 1. The van der Waals surface area contributed by atoms with E-state index in [9.17, 15) is 0 Å². The Morgan fingerprint density at radius 2 is 1.75 bits per heavy atom. The highest BCUT2D eigenvalue weighted by Gasteiger charge is 2.21. The molecule has 0 saturated carbocycles. The highest BCUT2D eigenvalue weighted by Crippen LogP contribution is 2.27. The molecule has 1 aliphatic heterocycles. The molecular formula is C14H20ClN. The van der Waals surface area contributed by atoms with Gasteiger partial charge in [0, 0.05) is 11.9 Å². The van der Waals surface area contributed by atoms with Gasteiger partial charge in [-0.25, -0.2) is 0 Å². The summed E-state index contributed by atoms with van der Waals surface area (Å²) in [6.07, 6.45) is 5.13. The molecule has 1 aliphatic rings. The summed E-state index contributed by atoms with van der Waals surface area (Å²) >= 11 is 5.94. The fraction of sp³-hybridized carbons (Fsp3) is 0.571. The summed E-state index contributed by atoms with van der Waals surface area (Å²) in [5.74, 6) is 0.746. The zero-order valence-corrected chi connectivity index (χ0v) is 10.5. The van der Waals surface area contributed by atoms with Crippen molar-refractivity contribution in [3.63, 3.8) is 0 Å². The van der Waals surface area contributed by atoms with Gasteiger partial charge in [-0.05, 0) is 37.9 Å². The van der Waals surface area contributed by atoms with Crippen LogP contribution in [-0.4, -0.2) is 23.9 Å². The van der Waals surface area contributed by atoms with E-state index in [1.807, 2.05) is 0 Å². The molecule has 0 aromatic heterocycles. The molecule has 1 saturated heterocycles. The first-order valence-corrected chi connectivity index (χ1v) is 6.80. The maximum atomic E-state index is 5.94. The van der Waals surface area contributed by atoms with Gasteiger partial charge in [-0.3, -0.25) is 4.90 Å². The summed E-state index contributed by atoms with van der Waals surface area (Å²) in [5.41, 5.74) is 1.42. The Morgan fingerprint density at radius 1 is 1.06 bits per heavy atom. The van der Waals surface area contributed by atoms with Gasteiger partial charge in [0.25, 0.3) is 0 Å². The second kappa shape index (κ2) is 6.27. The van der Waals surface area contributed by atoms with Gasteiger partial charge in [-0.1, -0.05) is 36.8 Å². The smallest absolute Gasteiger partial charge is 0.0359 e. The zero-order chi connectivity index (χ0) is 11.2. The van der Waals surface area contributed by atoms with E-state index in [1.165, 1.54) is 37.9 Å².